The number of carbonyl (C=O) groups is 1. The monoisotopic (exact) mass is 268 g/mol. The zero-order chi connectivity index (χ0) is 11.6. The van der Waals surface area contributed by atoms with Gasteiger partial charge in [-0.2, -0.15) is 0 Å². The van der Waals surface area contributed by atoms with Crippen molar-refractivity contribution in [2.24, 2.45) is 0 Å². The summed E-state index contributed by atoms with van der Waals surface area (Å²) in [7, 11) is 1.29. The van der Waals surface area contributed by atoms with E-state index in [-0.39, 0.29) is 10.5 Å². The van der Waals surface area contributed by atoms with Gasteiger partial charge in [0.2, 0.25) is 0 Å². The number of hydrogen-bond donors (Lipinski definition) is 0. The Labute approximate surface area is 96.3 Å². The van der Waals surface area contributed by atoms with Gasteiger partial charge in [-0.25, -0.2) is 13.2 Å². The molecule has 4 nitrogen and oxygen atoms in total. The lowest BCUT2D eigenvalue weighted by atomic mass is 10.1. The van der Waals surface area contributed by atoms with E-state index in [9.17, 15) is 13.2 Å². The second-order valence-corrected chi connectivity index (χ2v) is 5.47. The van der Waals surface area contributed by atoms with Gasteiger partial charge in [0, 0.05) is 10.7 Å². The Morgan fingerprint density at radius 2 is 2.00 bits per heavy atom. The number of carbonyl (C=O) groups excluding carboxylic acids is 1. The molecule has 0 spiro atoms. The minimum absolute atomic E-state index is 0.0230. The molecular weight excluding hydrogens is 263 g/mol. The second-order valence-electron chi connectivity index (χ2n) is 2.78. The molecule has 0 atom stereocenters. The molecule has 1 aromatic carbocycles. The maximum Gasteiger partial charge on any atom is 0.356 e. The molecule has 0 aliphatic rings. The Bertz CT molecular complexity index is 495. The Hall–Kier alpha value is -0.780. The first-order valence-corrected chi connectivity index (χ1v) is 6.36. The quantitative estimate of drug-likeness (QED) is 0.772. The highest BCUT2D eigenvalue weighted by Crippen LogP contribution is 2.21. The lowest BCUT2D eigenvalue weighted by molar-refractivity contribution is 0.0751. The lowest BCUT2D eigenvalue weighted by Gasteiger charge is -2.03. The van der Waals surface area contributed by atoms with Crippen LogP contribution in [0.15, 0.2) is 23.1 Å². The van der Waals surface area contributed by atoms with Crippen LogP contribution < -0.4 is 0 Å². The highest BCUT2D eigenvalue weighted by Gasteiger charge is 2.16. The van der Waals surface area contributed by atoms with Crippen molar-refractivity contribution >= 4 is 37.6 Å². The molecule has 0 bridgehead atoms. The van der Waals surface area contributed by atoms with Gasteiger partial charge in [-0.3, -0.25) is 0 Å². The van der Waals surface area contributed by atoms with Gasteiger partial charge in [0.15, 0.2) is 0 Å². The smallest absolute Gasteiger partial charge is 0.343 e. The average molecular weight is 269 g/mol. The van der Waals surface area contributed by atoms with E-state index in [1.165, 1.54) is 12.1 Å². The van der Waals surface area contributed by atoms with Crippen molar-refractivity contribution < 1.29 is 17.5 Å². The number of aryl methyl sites for hydroxylation is 1. The summed E-state index contributed by atoms with van der Waals surface area (Å²) in [4.78, 5) is 10.9. The van der Waals surface area contributed by atoms with Crippen LogP contribution in [0.25, 0.3) is 0 Å². The minimum atomic E-state index is -3.88. The Morgan fingerprint density at radius 1 is 1.40 bits per heavy atom. The fraction of sp³-hybridized carbons (Fsp3) is 0.125. The Kier molecular flexibility index (Phi) is 3.59. The average Bonchev–Trinajstić information content (AvgIpc) is 2.15. The normalized spacial score (nSPS) is 11.1. The number of halogens is 2. The van der Waals surface area contributed by atoms with Gasteiger partial charge in [-0.05, 0) is 24.6 Å². The van der Waals surface area contributed by atoms with E-state index < -0.39 is 15.0 Å². The second kappa shape index (κ2) is 4.38. The summed E-state index contributed by atoms with van der Waals surface area (Å²) in [6.45, 7) is 1.56. The molecule has 0 aromatic heterocycles. The van der Waals surface area contributed by atoms with Crippen LogP contribution in [-0.4, -0.2) is 14.4 Å². The highest BCUT2D eigenvalue weighted by atomic mass is 35.7. The predicted molar refractivity (Wildman–Crippen MR) is 55.5 cm³/mol. The maximum absolute atomic E-state index is 11.1. The molecule has 0 amide bonds. The van der Waals surface area contributed by atoms with E-state index in [4.69, 9.17) is 22.5 Å². The molecule has 7 heteroatoms. The fourth-order valence-corrected chi connectivity index (χ4v) is 2.34. The summed E-state index contributed by atoms with van der Waals surface area (Å²) < 4.78 is 26.1. The summed E-state index contributed by atoms with van der Waals surface area (Å²) in [5.41, 5.74) is 0.464. The predicted octanol–water partition coefficient (Wildman–Crippen LogP) is 2.23. The highest BCUT2D eigenvalue weighted by molar-refractivity contribution is 8.13. The molecule has 15 heavy (non-hydrogen) atoms. The largest absolute Gasteiger partial charge is 0.356 e. The van der Waals surface area contributed by atoms with E-state index in [0.717, 1.165) is 6.07 Å². The van der Waals surface area contributed by atoms with Crippen molar-refractivity contribution in [3.8, 4) is 0 Å². The van der Waals surface area contributed by atoms with Gasteiger partial charge < -0.3 is 4.29 Å². The van der Waals surface area contributed by atoms with E-state index in [2.05, 4.69) is 4.29 Å². The molecule has 0 N–H and O–H groups in total. The van der Waals surface area contributed by atoms with Crippen molar-refractivity contribution in [3.63, 3.8) is 0 Å². The van der Waals surface area contributed by atoms with Crippen molar-refractivity contribution in [3.05, 3.63) is 29.3 Å². The summed E-state index contributed by atoms with van der Waals surface area (Å²) in [6, 6.07) is 3.95. The first kappa shape index (κ1) is 12.3. The van der Waals surface area contributed by atoms with Crippen molar-refractivity contribution in [1.29, 1.82) is 0 Å². The number of benzene rings is 1. The summed E-state index contributed by atoms with van der Waals surface area (Å²) in [5, 5.41) is 0. The maximum atomic E-state index is 11.1. The Balaban J connectivity index is 3.36. The molecule has 0 radical (unpaired) electrons. The molecule has 0 fully saturated rings. The molecule has 0 aliphatic heterocycles. The Morgan fingerprint density at radius 3 is 2.47 bits per heavy atom. The molecule has 1 rings (SSSR count). The molecule has 0 aliphatic carbocycles. The van der Waals surface area contributed by atoms with Crippen LogP contribution in [0.3, 0.4) is 0 Å². The summed E-state index contributed by atoms with van der Waals surface area (Å²) in [6.07, 6.45) is 0. The SMILES string of the molecule is Cc1ccc(C(=O)OCl)cc1S(=O)(=O)Cl. The molecular formula is C8H6Cl2O4S. The van der Waals surface area contributed by atoms with E-state index >= 15 is 0 Å². The first-order valence-electron chi connectivity index (χ1n) is 3.74. The van der Waals surface area contributed by atoms with Crippen LogP contribution in [0.2, 0.25) is 0 Å². The number of rotatable bonds is 2. The topological polar surface area (TPSA) is 60.4 Å². The molecule has 0 saturated carbocycles. The van der Waals surface area contributed by atoms with Crippen LogP contribution in [0.1, 0.15) is 15.9 Å². The van der Waals surface area contributed by atoms with Crippen LogP contribution in [0, 0.1) is 6.92 Å². The lowest BCUT2D eigenvalue weighted by Crippen LogP contribution is -2.02. The van der Waals surface area contributed by atoms with E-state index in [1.807, 2.05) is 0 Å². The summed E-state index contributed by atoms with van der Waals surface area (Å²) in [5.74, 6) is -0.835. The van der Waals surface area contributed by atoms with Crippen molar-refractivity contribution in [2.75, 3.05) is 0 Å². The molecule has 1 aromatic rings. The molecule has 0 heterocycles. The van der Waals surface area contributed by atoms with Gasteiger partial charge in [0.05, 0.1) is 10.5 Å². The fourth-order valence-electron chi connectivity index (χ4n) is 1.03. The van der Waals surface area contributed by atoms with Crippen molar-refractivity contribution in [1.82, 2.24) is 0 Å². The zero-order valence-electron chi connectivity index (χ0n) is 7.53. The van der Waals surface area contributed by atoms with Crippen LogP contribution in [0.5, 0.6) is 0 Å². The van der Waals surface area contributed by atoms with Crippen LogP contribution >= 0.6 is 22.5 Å². The van der Waals surface area contributed by atoms with Crippen molar-refractivity contribution in [2.45, 2.75) is 11.8 Å². The first-order chi connectivity index (χ1) is 6.86. The van der Waals surface area contributed by atoms with Gasteiger partial charge >= 0.3 is 5.97 Å². The third-order valence-corrected chi connectivity index (χ3v) is 3.36. The van der Waals surface area contributed by atoms with Gasteiger partial charge in [-0.15, -0.1) is 0 Å². The minimum Gasteiger partial charge on any atom is -0.343 e. The standard InChI is InChI=1S/C8H6Cl2O4S/c1-5-2-3-6(8(11)14-9)4-7(5)15(10,12)13/h2-4H,1H3. The van der Waals surface area contributed by atoms with Gasteiger partial charge in [0.25, 0.3) is 9.05 Å². The van der Waals surface area contributed by atoms with Crippen LogP contribution in [0.4, 0.5) is 0 Å². The molecule has 82 valence electrons. The van der Waals surface area contributed by atoms with E-state index in [0.29, 0.717) is 5.56 Å². The third-order valence-electron chi connectivity index (χ3n) is 1.76. The number of hydrogen-bond acceptors (Lipinski definition) is 4. The summed E-state index contributed by atoms with van der Waals surface area (Å²) >= 11 is 4.86. The van der Waals surface area contributed by atoms with E-state index in [1.54, 1.807) is 6.92 Å². The molecule has 0 unspecified atom stereocenters. The van der Waals surface area contributed by atoms with Crippen LogP contribution in [-0.2, 0) is 13.3 Å². The third kappa shape index (κ3) is 2.84. The van der Waals surface area contributed by atoms with Gasteiger partial charge in [0.1, 0.15) is 11.9 Å². The zero-order valence-corrected chi connectivity index (χ0v) is 9.86. The molecule has 0 saturated heterocycles. The van der Waals surface area contributed by atoms with Gasteiger partial charge in [-0.1, -0.05) is 6.07 Å².